The van der Waals surface area contributed by atoms with Crippen molar-refractivity contribution in [2.45, 2.75) is 116 Å². The molecule has 1 aliphatic heterocycles. The van der Waals surface area contributed by atoms with Crippen molar-refractivity contribution in [2.24, 2.45) is 17.6 Å². The van der Waals surface area contributed by atoms with Crippen LogP contribution < -0.4 is 27.0 Å². The SMILES string of the molecule is CCC[C@H](NC(=O)[C@@H]1CCCN1C(=O)[C@@H](NC(=O)[C@@H](NC(=O)[C@H](CC(=O)O)NC(=O)[C@@H](N)CC(=O)O)[C@@H](C)CC)C(C)C)C(=O)O. The lowest BCUT2D eigenvalue weighted by molar-refractivity contribution is -0.146. The normalized spacial score (nSPS) is 18.3. The summed E-state index contributed by atoms with van der Waals surface area (Å²) >= 11 is 0. The monoisotopic (exact) mass is 656 g/mol. The summed E-state index contributed by atoms with van der Waals surface area (Å²) in [6.07, 6.45) is 0.213. The van der Waals surface area contributed by atoms with Crippen molar-refractivity contribution < 1.29 is 53.7 Å². The fraction of sp³-hybridized carbons (Fsp3) is 0.724. The summed E-state index contributed by atoms with van der Waals surface area (Å²) in [5, 5.41) is 37.3. The Balaban J connectivity index is 3.18. The van der Waals surface area contributed by atoms with Crippen molar-refractivity contribution in [3.63, 3.8) is 0 Å². The van der Waals surface area contributed by atoms with Gasteiger partial charge in [0.15, 0.2) is 0 Å². The number of carbonyl (C=O) groups is 8. The molecule has 0 aromatic carbocycles. The standard InChI is InChI=1S/C29H48N6O11/c1-6-9-17(29(45)46)31-26(42)19-10-8-11-35(19)28(44)22(14(3)4)33-27(43)23(15(5)7-2)34-25(41)18(13-21(38)39)32-24(40)16(30)12-20(36)37/h14-19,22-23H,6-13,30H2,1-5H3,(H,31,42)(H,32,40)(H,33,43)(H,34,41)(H,36,37)(H,38,39)(H,45,46)/t15-,16-,17-,18-,19-,22-,23-/m0/s1. The molecule has 9 N–H and O–H groups in total. The molecule has 1 aliphatic rings. The molecule has 0 aromatic heterocycles. The van der Waals surface area contributed by atoms with Crippen molar-refractivity contribution in [1.82, 2.24) is 26.2 Å². The number of carboxylic acid groups (broad SMARTS) is 3. The number of carbonyl (C=O) groups excluding carboxylic acids is 5. The van der Waals surface area contributed by atoms with Crippen LogP contribution in [0.3, 0.4) is 0 Å². The lowest BCUT2D eigenvalue weighted by atomic mass is 9.95. The molecule has 0 saturated carbocycles. The van der Waals surface area contributed by atoms with Crippen LogP contribution in [-0.4, -0.2) is 110 Å². The summed E-state index contributed by atoms with van der Waals surface area (Å²) in [5.74, 6) is -9.11. The highest BCUT2D eigenvalue weighted by Crippen LogP contribution is 2.21. The third kappa shape index (κ3) is 11.9. The van der Waals surface area contributed by atoms with E-state index in [1.54, 1.807) is 34.6 Å². The van der Waals surface area contributed by atoms with Crippen molar-refractivity contribution in [2.75, 3.05) is 6.54 Å². The number of hydrogen-bond donors (Lipinski definition) is 8. The average molecular weight is 657 g/mol. The molecule has 0 aromatic rings. The minimum absolute atomic E-state index is 0.202. The smallest absolute Gasteiger partial charge is 0.326 e. The first-order chi connectivity index (χ1) is 21.4. The Morgan fingerprint density at radius 3 is 1.87 bits per heavy atom. The molecule has 5 amide bonds. The minimum Gasteiger partial charge on any atom is -0.481 e. The van der Waals surface area contributed by atoms with E-state index in [9.17, 15) is 48.6 Å². The third-order valence-corrected chi connectivity index (χ3v) is 7.80. The maximum atomic E-state index is 13.7. The highest BCUT2D eigenvalue weighted by Gasteiger charge is 2.41. The molecule has 17 nitrogen and oxygen atoms in total. The molecular weight excluding hydrogens is 608 g/mol. The second-order valence-corrected chi connectivity index (χ2v) is 11.8. The van der Waals surface area contributed by atoms with Crippen LogP contribution in [0.15, 0.2) is 0 Å². The van der Waals surface area contributed by atoms with Crippen molar-refractivity contribution in [3.05, 3.63) is 0 Å². The Kier molecular flexibility index (Phi) is 16.1. The molecule has 260 valence electrons. The molecule has 1 saturated heterocycles. The minimum atomic E-state index is -1.70. The fourth-order valence-electron chi connectivity index (χ4n) is 4.95. The molecule has 17 heteroatoms. The number of nitrogens with one attached hydrogen (secondary N) is 4. The molecule has 0 aliphatic carbocycles. The molecule has 7 atom stereocenters. The van der Waals surface area contributed by atoms with Gasteiger partial charge in [-0.15, -0.1) is 0 Å². The van der Waals surface area contributed by atoms with E-state index in [-0.39, 0.29) is 13.0 Å². The Bertz CT molecular complexity index is 1150. The zero-order valence-electron chi connectivity index (χ0n) is 26.9. The zero-order valence-corrected chi connectivity index (χ0v) is 26.9. The molecule has 0 bridgehead atoms. The highest BCUT2D eigenvalue weighted by atomic mass is 16.4. The second-order valence-electron chi connectivity index (χ2n) is 11.8. The van der Waals surface area contributed by atoms with Gasteiger partial charge in [-0.25, -0.2) is 4.79 Å². The van der Waals surface area contributed by atoms with Gasteiger partial charge in [0.1, 0.15) is 30.2 Å². The summed E-state index contributed by atoms with van der Waals surface area (Å²) in [4.78, 5) is 101. The third-order valence-electron chi connectivity index (χ3n) is 7.80. The summed E-state index contributed by atoms with van der Waals surface area (Å²) in [6, 6.07) is -7.74. The predicted molar refractivity (Wildman–Crippen MR) is 162 cm³/mol. The summed E-state index contributed by atoms with van der Waals surface area (Å²) < 4.78 is 0. The van der Waals surface area contributed by atoms with E-state index < -0.39 is 108 Å². The van der Waals surface area contributed by atoms with Gasteiger partial charge in [-0.2, -0.15) is 0 Å². The van der Waals surface area contributed by atoms with E-state index >= 15 is 0 Å². The number of aliphatic carboxylic acids is 3. The van der Waals surface area contributed by atoms with Crippen LogP contribution in [-0.2, 0) is 38.4 Å². The maximum Gasteiger partial charge on any atom is 0.326 e. The van der Waals surface area contributed by atoms with Gasteiger partial charge in [-0.05, 0) is 31.1 Å². The summed E-state index contributed by atoms with van der Waals surface area (Å²) in [7, 11) is 0. The van der Waals surface area contributed by atoms with Crippen molar-refractivity contribution in [3.8, 4) is 0 Å². The van der Waals surface area contributed by atoms with E-state index in [1.807, 2.05) is 0 Å². The first kappa shape index (κ1) is 39.7. The molecule has 1 fully saturated rings. The number of nitrogens with zero attached hydrogens (tertiary/aromatic N) is 1. The quantitative estimate of drug-likeness (QED) is 0.0813. The van der Waals surface area contributed by atoms with E-state index in [2.05, 4.69) is 21.3 Å². The number of rotatable bonds is 19. The Morgan fingerprint density at radius 1 is 0.783 bits per heavy atom. The first-order valence-corrected chi connectivity index (χ1v) is 15.4. The van der Waals surface area contributed by atoms with E-state index in [1.165, 1.54) is 4.90 Å². The zero-order chi connectivity index (χ0) is 35.3. The number of nitrogens with two attached hydrogens (primary N) is 1. The maximum absolute atomic E-state index is 13.7. The molecule has 0 unspecified atom stereocenters. The van der Waals surface area contributed by atoms with Crippen LogP contribution in [0, 0.1) is 11.8 Å². The van der Waals surface area contributed by atoms with Crippen molar-refractivity contribution in [1.29, 1.82) is 0 Å². The van der Waals surface area contributed by atoms with Gasteiger partial charge in [0, 0.05) is 6.54 Å². The second kappa shape index (κ2) is 18.6. The van der Waals surface area contributed by atoms with Gasteiger partial charge in [-0.3, -0.25) is 33.6 Å². The van der Waals surface area contributed by atoms with Crippen LogP contribution in [0.2, 0.25) is 0 Å². The van der Waals surface area contributed by atoms with Gasteiger partial charge in [0.2, 0.25) is 29.5 Å². The topological polar surface area (TPSA) is 275 Å². The summed E-state index contributed by atoms with van der Waals surface area (Å²) in [5.41, 5.74) is 5.54. The number of hydrogen-bond acceptors (Lipinski definition) is 9. The molecule has 46 heavy (non-hydrogen) atoms. The van der Waals surface area contributed by atoms with Crippen LogP contribution in [0.25, 0.3) is 0 Å². The van der Waals surface area contributed by atoms with Gasteiger partial charge >= 0.3 is 17.9 Å². The lowest BCUT2D eigenvalue weighted by Crippen LogP contribution is -2.61. The fourth-order valence-corrected chi connectivity index (χ4v) is 4.95. The van der Waals surface area contributed by atoms with Gasteiger partial charge < -0.3 is 47.2 Å². The van der Waals surface area contributed by atoms with Gasteiger partial charge in [0.25, 0.3) is 0 Å². The Hall–Kier alpha value is -4.28. The first-order valence-electron chi connectivity index (χ1n) is 15.4. The number of likely N-dealkylation sites (tertiary alicyclic amines) is 1. The molecule has 0 radical (unpaired) electrons. The van der Waals surface area contributed by atoms with Crippen LogP contribution in [0.4, 0.5) is 0 Å². The highest BCUT2D eigenvalue weighted by molar-refractivity contribution is 5.97. The van der Waals surface area contributed by atoms with E-state index in [4.69, 9.17) is 10.8 Å². The Labute approximate surface area is 267 Å². The lowest BCUT2D eigenvalue weighted by Gasteiger charge is -2.33. The van der Waals surface area contributed by atoms with Crippen LogP contribution in [0.5, 0.6) is 0 Å². The summed E-state index contributed by atoms with van der Waals surface area (Å²) in [6.45, 7) is 8.70. The van der Waals surface area contributed by atoms with E-state index in [0.29, 0.717) is 25.7 Å². The van der Waals surface area contributed by atoms with Crippen LogP contribution >= 0.6 is 0 Å². The number of amides is 5. The van der Waals surface area contributed by atoms with Gasteiger partial charge in [0.05, 0.1) is 18.9 Å². The Morgan fingerprint density at radius 2 is 1.37 bits per heavy atom. The molecule has 1 rings (SSSR count). The van der Waals surface area contributed by atoms with Crippen LogP contribution in [0.1, 0.15) is 79.6 Å². The molecule has 1 heterocycles. The predicted octanol–water partition coefficient (Wildman–Crippen LogP) is -1.22. The number of carboxylic acids is 3. The average Bonchev–Trinajstić information content (AvgIpc) is 3.46. The van der Waals surface area contributed by atoms with Crippen molar-refractivity contribution >= 4 is 47.4 Å². The van der Waals surface area contributed by atoms with Gasteiger partial charge in [-0.1, -0.05) is 47.5 Å². The molecular formula is C29H48N6O11. The molecule has 0 spiro atoms. The van der Waals surface area contributed by atoms with E-state index in [0.717, 1.165) is 0 Å². The largest absolute Gasteiger partial charge is 0.481 e.